The third-order valence-corrected chi connectivity index (χ3v) is 7.33. The molecule has 31 heavy (non-hydrogen) atoms. The number of thiophene rings is 1. The summed E-state index contributed by atoms with van der Waals surface area (Å²) in [5, 5.41) is 14.0. The van der Waals surface area contributed by atoms with E-state index in [-0.39, 0.29) is 24.3 Å². The van der Waals surface area contributed by atoms with Gasteiger partial charge in [0.25, 0.3) is 0 Å². The zero-order valence-corrected chi connectivity index (χ0v) is 19.0. The zero-order valence-electron chi connectivity index (χ0n) is 17.3. The average Bonchev–Trinajstić information content (AvgIpc) is 3.03. The Morgan fingerprint density at radius 3 is 2.58 bits per heavy atom. The second-order valence-corrected chi connectivity index (χ2v) is 9.88. The molecule has 0 aliphatic heterocycles. The number of carboxylic acid groups (broad SMARTS) is 1. The highest BCUT2D eigenvalue weighted by Gasteiger charge is 2.14. The third-order valence-electron chi connectivity index (χ3n) is 4.74. The van der Waals surface area contributed by atoms with Gasteiger partial charge < -0.3 is 5.11 Å². The molecule has 9 nitrogen and oxygen atoms in total. The number of hydrogen-bond acceptors (Lipinski definition) is 8. The van der Waals surface area contributed by atoms with E-state index in [9.17, 15) is 13.2 Å². The lowest BCUT2D eigenvalue weighted by molar-refractivity contribution is -0.137. The van der Waals surface area contributed by atoms with Crippen LogP contribution in [0.4, 0.5) is 5.82 Å². The summed E-state index contributed by atoms with van der Waals surface area (Å²) in [6, 6.07) is 6.32. The number of benzene rings is 1. The fraction of sp³-hybridized carbons (Fsp3) is 0.300. The summed E-state index contributed by atoms with van der Waals surface area (Å²) in [6.45, 7) is 5.94. The Morgan fingerprint density at radius 2 is 1.90 bits per heavy atom. The molecule has 2 aromatic heterocycles. The van der Waals surface area contributed by atoms with Gasteiger partial charge in [0.2, 0.25) is 10.0 Å². The summed E-state index contributed by atoms with van der Waals surface area (Å²) >= 11 is 1.60. The number of aromatic nitrogens is 2. The molecule has 0 bridgehead atoms. The van der Waals surface area contributed by atoms with Gasteiger partial charge in [-0.25, -0.2) is 23.1 Å². The van der Waals surface area contributed by atoms with Gasteiger partial charge in [0, 0.05) is 17.8 Å². The van der Waals surface area contributed by atoms with E-state index in [1.54, 1.807) is 23.5 Å². The Morgan fingerprint density at radius 1 is 1.19 bits per heavy atom. The molecule has 0 unspecified atom stereocenters. The first kappa shape index (κ1) is 22.8. The fourth-order valence-corrected chi connectivity index (χ4v) is 4.94. The number of fused-ring (bicyclic) bond motifs is 1. The molecule has 0 fully saturated rings. The van der Waals surface area contributed by atoms with Crippen molar-refractivity contribution in [3.05, 3.63) is 46.6 Å². The van der Waals surface area contributed by atoms with Gasteiger partial charge >= 0.3 is 5.97 Å². The van der Waals surface area contributed by atoms with Crippen molar-refractivity contribution in [2.75, 3.05) is 12.0 Å². The summed E-state index contributed by atoms with van der Waals surface area (Å²) in [7, 11) is -3.70. The van der Waals surface area contributed by atoms with Crippen molar-refractivity contribution >= 4 is 49.1 Å². The molecule has 3 aromatic rings. The quantitative estimate of drug-likeness (QED) is 0.253. The molecular weight excluding hydrogens is 438 g/mol. The minimum absolute atomic E-state index is 0.0651. The number of carbonyl (C=O) groups is 1. The van der Waals surface area contributed by atoms with Gasteiger partial charge in [0.05, 0.1) is 16.0 Å². The van der Waals surface area contributed by atoms with Crippen LogP contribution >= 0.6 is 11.3 Å². The van der Waals surface area contributed by atoms with Crippen molar-refractivity contribution in [1.29, 1.82) is 0 Å². The molecule has 0 amide bonds. The van der Waals surface area contributed by atoms with Crippen molar-refractivity contribution in [3.63, 3.8) is 0 Å². The molecule has 3 rings (SSSR count). The molecule has 11 heteroatoms. The molecule has 0 atom stereocenters. The summed E-state index contributed by atoms with van der Waals surface area (Å²) in [6.07, 6.45) is 1.63. The van der Waals surface area contributed by atoms with E-state index >= 15 is 0 Å². The number of nitrogens with one attached hydrogen (secondary N) is 2. The van der Waals surface area contributed by atoms with Crippen LogP contribution in [0.25, 0.3) is 10.2 Å². The maximum Gasteiger partial charge on any atom is 0.303 e. The van der Waals surface area contributed by atoms with E-state index in [2.05, 4.69) is 25.2 Å². The van der Waals surface area contributed by atoms with Crippen LogP contribution in [0, 0.1) is 13.8 Å². The lowest BCUT2D eigenvalue weighted by Gasteiger charge is -2.08. The highest BCUT2D eigenvalue weighted by Crippen LogP contribution is 2.32. The van der Waals surface area contributed by atoms with Gasteiger partial charge in [0.15, 0.2) is 5.82 Å². The summed E-state index contributed by atoms with van der Waals surface area (Å²) in [4.78, 5) is 21.3. The molecule has 0 radical (unpaired) electrons. The summed E-state index contributed by atoms with van der Waals surface area (Å²) in [5.74, 6) is -0.338. The first-order chi connectivity index (χ1) is 14.7. The van der Waals surface area contributed by atoms with Crippen LogP contribution < -0.4 is 10.1 Å². The second kappa shape index (κ2) is 9.50. The van der Waals surface area contributed by atoms with Crippen molar-refractivity contribution in [2.45, 2.75) is 38.5 Å². The molecule has 0 spiro atoms. The van der Waals surface area contributed by atoms with Crippen LogP contribution in [0.1, 0.15) is 35.8 Å². The topological polar surface area (TPSA) is 134 Å². The van der Waals surface area contributed by atoms with E-state index in [1.807, 2.05) is 20.8 Å². The normalized spacial score (nSPS) is 12.3. The Bertz CT molecular complexity index is 1230. The minimum atomic E-state index is -3.70. The Labute approximate surface area is 184 Å². The largest absolute Gasteiger partial charge is 0.481 e. The zero-order chi connectivity index (χ0) is 22.6. The Balaban J connectivity index is 1.71. The fourth-order valence-electron chi connectivity index (χ4n) is 2.87. The highest BCUT2D eigenvalue weighted by atomic mass is 32.2. The number of sulfonamides is 1. The van der Waals surface area contributed by atoms with Crippen LogP contribution in [0.2, 0.25) is 0 Å². The van der Waals surface area contributed by atoms with Crippen LogP contribution in [0.15, 0.2) is 40.6 Å². The van der Waals surface area contributed by atoms with Gasteiger partial charge in [-0.15, -0.1) is 11.3 Å². The maximum absolute atomic E-state index is 12.3. The van der Waals surface area contributed by atoms with Crippen molar-refractivity contribution in [2.24, 2.45) is 5.10 Å². The number of aryl methyl sites for hydroxylation is 2. The van der Waals surface area contributed by atoms with Crippen molar-refractivity contribution < 1.29 is 18.3 Å². The van der Waals surface area contributed by atoms with Gasteiger partial charge in [-0.05, 0) is 50.5 Å². The highest BCUT2D eigenvalue weighted by molar-refractivity contribution is 7.89. The SMILES string of the molecule is C/C(=N/Nc1ncnc2sc(C)c(C)c12)c1ccc(S(=O)(=O)NCCCC(=O)O)cc1. The van der Waals surface area contributed by atoms with E-state index in [0.717, 1.165) is 21.3 Å². The number of hydrogen-bond donors (Lipinski definition) is 3. The number of carboxylic acids is 1. The number of rotatable bonds is 9. The lowest BCUT2D eigenvalue weighted by atomic mass is 10.1. The molecule has 164 valence electrons. The first-order valence-electron chi connectivity index (χ1n) is 9.52. The standard InChI is InChI=1S/C20H23N5O4S2/c1-12-14(3)30-20-18(12)19(21-11-22-20)25-24-13(2)15-6-8-16(9-7-15)31(28,29)23-10-4-5-17(26)27/h6-9,11,23H,4-5,10H2,1-3H3,(H,26,27)(H,21,22,25)/b24-13-. The summed E-state index contributed by atoms with van der Waals surface area (Å²) < 4.78 is 27.0. The number of anilines is 1. The van der Waals surface area contributed by atoms with Crippen LogP contribution in [-0.2, 0) is 14.8 Å². The van der Waals surface area contributed by atoms with Crippen LogP contribution in [0.3, 0.4) is 0 Å². The van der Waals surface area contributed by atoms with Crippen LogP contribution in [0.5, 0.6) is 0 Å². The molecule has 0 aliphatic rings. The van der Waals surface area contributed by atoms with Gasteiger partial charge in [-0.2, -0.15) is 5.10 Å². The third kappa shape index (κ3) is 5.43. The smallest absolute Gasteiger partial charge is 0.303 e. The van der Waals surface area contributed by atoms with Crippen LogP contribution in [-0.4, -0.2) is 41.7 Å². The predicted octanol–water partition coefficient (Wildman–Crippen LogP) is 3.29. The first-order valence-corrected chi connectivity index (χ1v) is 11.8. The molecule has 0 saturated heterocycles. The molecule has 0 saturated carbocycles. The van der Waals surface area contributed by atoms with Crippen molar-refractivity contribution in [3.8, 4) is 0 Å². The monoisotopic (exact) mass is 461 g/mol. The van der Waals surface area contributed by atoms with E-state index in [0.29, 0.717) is 11.5 Å². The van der Waals surface area contributed by atoms with Gasteiger partial charge in [-0.1, -0.05) is 12.1 Å². The second-order valence-electron chi connectivity index (χ2n) is 6.91. The molecule has 2 heterocycles. The molecular formula is C20H23N5O4S2. The van der Waals surface area contributed by atoms with Crippen molar-refractivity contribution in [1.82, 2.24) is 14.7 Å². The Hall–Kier alpha value is -2.89. The van der Waals surface area contributed by atoms with Gasteiger partial charge in [-0.3, -0.25) is 10.2 Å². The number of nitrogens with zero attached hydrogens (tertiary/aromatic N) is 3. The number of aliphatic carboxylic acids is 1. The maximum atomic E-state index is 12.3. The summed E-state index contributed by atoms with van der Waals surface area (Å²) in [5.41, 5.74) is 5.52. The minimum Gasteiger partial charge on any atom is -0.481 e. The number of hydrazone groups is 1. The molecule has 1 aromatic carbocycles. The van der Waals surface area contributed by atoms with Gasteiger partial charge in [0.1, 0.15) is 11.2 Å². The van der Waals surface area contributed by atoms with E-state index < -0.39 is 16.0 Å². The predicted molar refractivity (Wildman–Crippen MR) is 121 cm³/mol. The molecule has 3 N–H and O–H groups in total. The molecule has 0 aliphatic carbocycles. The average molecular weight is 462 g/mol. The van der Waals surface area contributed by atoms with E-state index in [1.165, 1.54) is 23.3 Å². The van der Waals surface area contributed by atoms with E-state index in [4.69, 9.17) is 5.11 Å². The lowest BCUT2D eigenvalue weighted by Crippen LogP contribution is -2.25. The Kier molecular flexibility index (Phi) is 6.98.